The van der Waals surface area contributed by atoms with E-state index < -0.39 is 0 Å². The minimum Gasteiger partial charge on any atom is -0.348 e. The number of pyridine rings is 1. The lowest BCUT2D eigenvalue weighted by Crippen LogP contribution is -2.32. The van der Waals surface area contributed by atoms with Gasteiger partial charge in [-0.25, -0.2) is 4.39 Å². The van der Waals surface area contributed by atoms with Gasteiger partial charge in [-0.15, -0.1) is 0 Å². The molecule has 0 spiro atoms. The molecular weight excluding hydrogens is 415 g/mol. The molecule has 6 nitrogen and oxygen atoms in total. The first-order chi connectivity index (χ1) is 15.0. The van der Waals surface area contributed by atoms with Crippen molar-refractivity contribution in [2.75, 3.05) is 0 Å². The van der Waals surface area contributed by atoms with Crippen LogP contribution < -0.4 is 15.6 Å². The van der Waals surface area contributed by atoms with Crippen LogP contribution in [-0.2, 0) is 11.3 Å². The molecule has 2 amide bonds. The summed E-state index contributed by atoms with van der Waals surface area (Å²) in [6.45, 7) is 5.66. The Hall–Kier alpha value is -3.49. The fraction of sp³-hybridized carbons (Fsp3) is 0.0870. The van der Waals surface area contributed by atoms with Gasteiger partial charge < -0.3 is 5.32 Å². The maximum atomic E-state index is 13.7. The standard InChI is InChI=1S/C23H21FN4O2S/c1-3-22(29)26-14-16-8-9-25-20(12-16)17-10-15(2)11-18(13-17)23(30)27-28-31-21-7-5-4-6-19(21)24/h3-13,28H,1,14H2,2H3,(H,26,29)(H,27,30). The van der Waals surface area contributed by atoms with E-state index >= 15 is 0 Å². The normalized spacial score (nSPS) is 10.4. The molecule has 3 N–H and O–H groups in total. The summed E-state index contributed by atoms with van der Waals surface area (Å²) in [5, 5.41) is 2.72. The Morgan fingerprint density at radius 2 is 1.97 bits per heavy atom. The topological polar surface area (TPSA) is 83.1 Å². The molecular formula is C23H21FN4O2S. The summed E-state index contributed by atoms with van der Waals surface area (Å²) >= 11 is 0.976. The monoisotopic (exact) mass is 436 g/mol. The van der Waals surface area contributed by atoms with Gasteiger partial charge in [-0.1, -0.05) is 18.7 Å². The molecule has 3 rings (SSSR count). The molecule has 3 aromatic rings. The zero-order valence-corrected chi connectivity index (χ0v) is 17.6. The Morgan fingerprint density at radius 1 is 1.16 bits per heavy atom. The first kappa shape index (κ1) is 22.2. The van der Waals surface area contributed by atoms with Crippen molar-refractivity contribution in [2.45, 2.75) is 18.4 Å². The second-order valence-electron chi connectivity index (χ2n) is 6.65. The lowest BCUT2D eigenvalue weighted by atomic mass is 10.0. The third kappa shape index (κ3) is 6.24. The zero-order valence-electron chi connectivity index (χ0n) is 16.8. The maximum Gasteiger partial charge on any atom is 0.266 e. The van der Waals surface area contributed by atoms with Gasteiger partial charge >= 0.3 is 0 Å². The lowest BCUT2D eigenvalue weighted by molar-refractivity contribution is -0.116. The fourth-order valence-corrected chi connectivity index (χ4v) is 3.36. The van der Waals surface area contributed by atoms with Crippen molar-refractivity contribution in [1.29, 1.82) is 0 Å². The number of rotatable bonds is 8. The fourth-order valence-electron chi connectivity index (χ4n) is 2.79. The van der Waals surface area contributed by atoms with Crippen molar-refractivity contribution in [3.63, 3.8) is 0 Å². The molecule has 0 aliphatic carbocycles. The van der Waals surface area contributed by atoms with Gasteiger partial charge in [-0.05, 0) is 78.5 Å². The number of benzene rings is 2. The molecule has 0 aliphatic heterocycles. The average molecular weight is 437 g/mol. The van der Waals surface area contributed by atoms with Crippen molar-refractivity contribution < 1.29 is 14.0 Å². The number of amides is 2. The van der Waals surface area contributed by atoms with Gasteiger partial charge in [0.1, 0.15) is 5.82 Å². The SMILES string of the molecule is C=CC(=O)NCc1ccnc(-c2cc(C)cc(C(=O)NNSc3ccccc3F)c2)c1. The van der Waals surface area contributed by atoms with Gasteiger partial charge in [-0.3, -0.25) is 20.0 Å². The van der Waals surface area contributed by atoms with E-state index in [1.165, 1.54) is 12.1 Å². The summed E-state index contributed by atoms with van der Waals surface area (Å²) < 4.78 is 13.7. The molecule has 0 saturated carbocycles. The van der Waals surface area contributed by atoms with Gasteiger partial charge in [0.05, 0.1) is 10.6 Å². The number of hydrogen-bond acceptors (Lipinski definition) is 5. The minimum absolute atomic E-state index is 0.256. The molecule has 0 saturated heterocycles. The number of hydrazine groups is 1. The van der Waals surface area contributed by atoms with Crippen LogP contribution in [0.2, 0.25) is 0 Å². The third-order valence-electron chi connectivity index (χ3n) is 4.27. The van der Waals surface area contributed by atoms with Gasteiger partial charge in [0, 0.05) is 23.9 Å². The zero-order chi connectivity index (χ0) is 22.2. The molecule has 1 aromatic heterocycles. The predicted molar refractivity (Wildman–Crippen MR) is 119 cm³/mol. The van der Waals surface area contributed by atoms with Gasteiger partial charge in [0.25, 0.3) is 5.91 Å². The molecule has 8 heteroatoms. The van der Waals surface area contributed by atoms with Crippen LogP contribution in [0.1, 0.15) is 21.5 Å². The molecule has 158 valence electrons. The number of aryl methyl sites for hydroxylation is 1. The van der Waals surface area contributed by atoms with Crippen molar-refractivity contribution in [3.8, 4) is 11.3 Å². The second-order valence-corrected chi connectivity index (χ2v) is 7.50. The summed E-state index contributed by atoms with van der Waals surface area (Å²) in [4.78, 5) is 31.4. The molecule has 1 heterocycles. The van der Waals surface area contributed by atoms with Crippen molar-refractivity contribution in [1.82, 2.24) is 20.6 Å². The molecule has 31 heavy (non-hydrogen) atoms. The summed E-state index contributed by atoms with van der Waals surface area (Å²) in [7, 11) is 0. The summed E-state index contributed by atoms with van der Waals surface area (Å²) in [6.07, 6.45) is 2.87. The Bertz CT molecular complexity index is 1120. The molecule has 2 aromatic carbocycles. The smallest absolute Gasteiger partial charge is 0.266 e. The van der Waals surface area contributed by atoms with E-state index in [1.54, 1.807) is 42.6 Å². The highest BCUT2D eigenvalue weighted by Gasteiger charge is 2.11. The number of halogens is 1. The van der Waals surface area contributed by atoms with Crippen LogP contribution in [0.15, 0.2) is 78.3 Å². The lowest BCUT2D eigenvalue weighted by Gasteiger charge is -2.10. The number of aromatic nitrogens is 1. The van der Waals surface area contributed by atoms with Crippen molar-refractivity contribution in [3.05, 3.63) is 96.0 Å². The van der Waals surface area contributed by atoms with Crippen LogP contribution >= 0.6 is 11.9 Å². The van der Waals surface area contributed by atoms with Crippen LogP contribution in [0.4, 0.5) is 4.39 Å². The highest BCUT2D eigenvalue weighted by molar-refractivity contribution is 7.97. The van der Waals surface area contributed by atoms with Crippen LogP contribution in [0, 0.1) is 12.7 Å². The Morgan fingerprint density at radius 3 is 2.74 bits per heavy atom. The largest absolute Gasteiger partial charge is 0.348 e. The van der Waals surface area contributed by atoms with Gasteiger partial charge in [0.15, 0.2) is 0 Å². The van der Waals surface area contributed by atoms with E-state index in [-0.39, 0.29) is 17.6 Å². The number of carbonyl (C=O) groups excluding carboxylic acids is 2. The van der Waals surface area contributed by atoms with E-state index in [4.69, 9.17) is 0 Å². The number of nitrogens with zero attached hydrogens (tertiary/aromatic N) is 1. The number of carbonyl (C=O) groups is 2. The van der Waals surface area contributed by atoms with E-state index in [9.17, 15) is 14.0 Å². The summed E-state index contributed by atoms with van der Waals surface area (Å²) in [5.41, 5.74) is 6.20. The van der Waals surface area contributed by atoms with Crippen molar-refractivity contribution >= 4 is 23.8 Å². The molecule has 0 fully saturated rings. The summed E-state index contributed by atoms with van der Waals surface area (Å²) in [5.74, 6) is -0.987. The van der Waals surface area contributed by atoms with E-state index in [0.29, 0.717) is 22.7 Å². The minimum atomic E-state index is -0.373. The highest BCUT2D eigenvalue weighted by atomic mass is 32.2. The van der Waals surface area contributed by atoms with Crippen LogP contribution in [-0.4, -0.2) is 16.8 Å². The second kappa shape index (κ2) is 10.5. The Labute approximate surface area is 184 Å². The molecule has 0 bridgehead atoms. The van der Waals surface area contributed by atoms with Gasteiger partial charge in [-0.2, -0.15) is 4.83 Å². The quantitative estimate of drug-likeness (QED) is 0.283. The summed E-state index contributed by atoms with van der Waals surface area (Å²) in [6, 6.07) is 15.3. The van der Waals surface area contributed by atoms with Crippen LogP contribution in [0.3, 0.4) is 0 Å². The van der Waals surface area contributed by atoms with Crippen molar-refractivity contribution in [2.24, 2.45) is 0 Å². The molecule has 0 unspecified atom stereocenters. The number of nitrogens with one attached hydrogen (secondary N) is 3. The van der Waals surface area contributed by atoms with E-state index in [2.05, 4.69) is 27.1 Å². The molecule has 0 atom stereocenters. The van der Waals surface area contributed by atoms with Gasteiger partial charge in [0.2, 0.25) is 5.91 Å². The van der Waals surface area contributed by atoms with Crippen LogP contribution in [0.5, 0.6) is 0 Å². The number of hydrogen-bond donors (Lipinski definition) is 3. The van der Waals surface area contributed by atoms with E-state index in [0.717, 1.165) is 28.6 Å². The third-order valence-corrected chi connectivity index (χ3v) is 5.03. The maximum absolute atomic E-state index is 13.7. The van der Waals surface area contributed by atoms with Crippen LogP contribution in [0.25, 0.3) is 11.3 Å². The Balaban J connectivity index is 1.71. The Kier molecular flexibility index (Phi) is 7.53. The predicted octanol–water partition coefficient (Wildman–Crippen LogP) is 3.94. The average Bonchev–Trinajstić information content (AvgIpc) is 2.78. The molecule has 0 aliphatic rings. The first-order valence-corrected chi connectivity index (χ1v) is 10.2. The first-order valence-electron chi connectivity index (χ1n) is 9.40. The molecule has 0 radical (unpaired) electrons. The highest BCUT2D eigenvalue weighted by Crippen LogP contribution is 2.22. The van der Waals surface area contributed by atoms with E-state index in [1.807, 2.05) is 19.1 Å².